The Morgan fingerprint density at radius 3 is 2.29 bits per heavy atom. The van der Waals surface area contributed by atoms with E-state index in [2.05, 4.69) is 10.1 Å². The third kappa shape index (κ3) is 3.36. The number of anilines is 1. The van der Waals surface area contributed by atoms with Gasteiger partial charge < -0.3 is 10.1 Å². The highest BCUT2D eigenvalue weighted by Gasteiger charge is 2.12. The minimum atomic E-state index is -0.426. The first-order valence-electron chi connectivity index (χ1n) is 7.31. The van der Waals surface area contributed by atoms with Gasteiger partial charge in [0, 0.05) is 21.7 Å². The lowest BCUT2D eigenvalue weighted by Gasteiger charge is -2.10. The van der Waals surface area contributed by atoms with Gasteiger partial charge in [-0.2, -0.15) is 0 Å². The van der Waals surface area contributed by atoms with Gasteiger partial charge in [-0.25, -0.2) is 4.79 Å². The lowest BCUT2D eigenvalue weighted by Crippen LogP contribution is -2.13. The second-order valence-corrected chi connectivity index (χ2v) is 5.99. The quantitative estimate of drug-likeness (QED) is 0.715. The number of benzene rings is 2. The average molecular weight is 337 g/mol. The van der Waals surface area contributed by atoms with Gasteiger partial charge in [0.15, 0.2) is 0 Å². The van der Waals surface area contributed by atoms with Crippen LogP contribution in [0.3, 0.4) is 0 Å². The van der Waals surface area contributed by atoms with Gasteiger partial charge in [-0.3, -0.25) is 4.79 Å². The Balaban J connectivity index is 1.82. The molecule has 0 saturated carbocycles. The lowest BCUT2D eigenvalue weighted by atomic mass is 10.1. The van der Waals surface area contributed by atoms with E-state index in [0.29, 0.717) is 11.1 Å². The van der Waals surface area contributed by atoms with Crippen LogP contribution in [0.15, 0.2) is 66.0 Å². The first-order valence-corrected chi connectivity index (χ1v) is 8.19. The van der Waals surface area contributed by atoms with Crippen molar-refractivity contribution in [2.45, 2.75) is 0 Å². The molecule has 120 valence electrons. The maximum atomic E-state index is 12.5. The fourth-order valence-electron chi connectivity index (χ4n) is 2.31. The van der Waals surface area contributed by atoms with Crippen molar-refractivity contribution < 1.29 is 14.3 Å². The highest BCUT2D eigenvalue weighted by Crippen LogP contribution is 2.31. The van der Waals surface area contributed by atoms with Crippen LogP contribution in [-0.4, -0.2) is 19.0 Å². The van der Waals surface area contributed by atoms with E-state index in [9.17, 15) is 9.59 Å². The summed E-state index contributed by atoms with van der Waals surface area (Å²) in [7, 11) is 1.32. The molecule has 4 nitrogen and oxygen atoms in total. The van der Waals surface area contributed by atoms with Crippen LogP contribution in [0.2, 0.25) is 0 Å². The number of para-hydroxylation sites is 1. The van der Waals surface area contributed by atoms with Gasteiger partial charge in [0.1, 0.15) is 0 Å². The maximum Gasteiger partial charge on any atom is 0.337 e. The molecular formula is C19H15NO3S. The molecule has 1 heterocycles. The van der Waals surface area contributed by atoms with E-state index in [4.69, 9.17) is 0 Å². The molecule has 0 aliphatic heterocycles. The molecule has 0 bridgehead atoms. The molecule has 0 aliphatic carbocycles. The number of carbonyl (C=O) groups is 2. The molecule has 0 unspecified atom stereocenters. The molecule has 3 rings (SSSR count). The van der Waals surface area contributed by atoms with E-state index < -0.39 is 5.97 Å². The van der Waals surface area contributed by atoms with Crippen molar-refractivity contribution in [3.63, 3.8) is 0 Å². The number of rotatable bonds is 4. The molecule has 5 heteroatoms. The van der Waals surface area contributed by atoms with Gasteiger partial charge in [-0.05, 0) is 41.8 Å². The molecule has 0 saturated heterocycles. The summed E-state index contributed by atoms with van der Waals surface area (Å²) in [5.41, 5.74) is 2.62. The van der Waals surface area contributed by atoms with Crippen LogP contribution in [-0.2, 0) is 4.74 Å². The van der Waals surface area contributed by atoms with Gasteiger partial charge in [0.25, 0.3) is 5.91 Å². The van der Waals surface area contributed by atoms with Crippen molar-refractivity contribution in [2.75, 3.05) is 12.4 Å². The fourth-order valence-corrected chi connectivity index (χ4v) is 3.07. The molecule has 0 spiro atoms. The second-order valence-electron chi connectivity index (χ2n) is 5.05. The van der Waals surface area contributed by atoms with E-state index in [1.54, 1.807) is 35.6 Å². The zero-order valence-corrected chi connectivity index (χ0v) is 13.8. The minimum Gasteiger partial charge on any atom is -0.465 e. The standard InChI is InChI=1S/C19H15NO3S/c1-23-19(22)14-10-8-13(9-11-14)18(21)20-16-6-3-2-5-15(16)17-7-4-12-24-17/h2-12H,1H3,(H,20,21). The largest absolute Gasteiger partial charge is 0.465 e. The summed E-state index contributed by atoms with van der Waals surface area (Å²) in [6, 6.07) is 18.0. The Kier molecular flexibility index (Phi) is 4.72. The van der Waals surface area contributed by atoms with Gasteiger partial charge in [-0.15, -0.1) is 11.3 Å². The summed E-state index contributed by atoms with van der Waals surface area (Å²) in [5, 5.41) is 4.93. The predicted molar refractivity (Wildman–Crippen MR) is 95.5 cm³/mol. The van der Waals surface area contributed by atoms with Crippen molar-refractivity contribution in [1.82, 2.24) is 0 Å². The summed E-state index contributed by atoms with van der Waals surface area (Å²) in [4.78, 5) is 25.0. The monoisotopic (exact) mass is 337 g/mol. The zero-order chi connectivity index (χ0) is 16.9. The summed E-state index contributed by atoms with van der Waals surface area (Å²) in [6.07, 6.45) is 0. The van der Waals surface area contributed by atoms with E-state index >= 15 is 0 Å². The number of ether oxygens (including phenoxy) is 1. The van der Waals surface area contributed by atoms with Crippen molar-refractivity contribution in [3.8, 4) is 10.4 Å². The number of esters is 1. The third-order valence-corrected chi connectivity index (χ3v) is 4.43. The van der Waals surface area contributed by atoms with E-state index in [1.165, 1.54) is 7.11 Å². The number of thiophene rings is 1. The zero-order valence-electron chi connectivity index (χ0n) is 13.0. The Bertz CT molecular complexity index is 855. The number of nitrogens with one attached hydrogen (secondary N) is 1. The lowest BCUT2D eigenvalue weighted by molar-refractivity contribution is 0.0600. The molecule has 0 atom stereocenters. The topological polar surface area (TPSA) is 55.4 Å². The van der Waals surface area contributed by atoms with Crippen LogP contribution in [0, 0.1) is 0 Å². The van der Waals surface area contributed by atoms with Crippen molar-refractivity contribution in [2.24, 2.45) is 0 Å². The average Bonchev–Trinajstić information content (AvgIpc) is 3.16. The summed E-state index contributed by atoms with van der Waals surface area (Å²) in [5.74, 6) is -0.652. The normalized spacial score (nSPS) is 10.2. The van der Waals surface area contributed by atoms with Crippen molar-refractivity contribution in [1.29, 1.82) is 0 Å². The molecule has 24 heavy (non-hydrogen) atoms. The molecule has 3 aromatic rings. The molecule has 1 aromatic heterocycles. The molecule has 0 radical (unpaired) electrons. The predicted octanol–water partition coefficient (Wildman–Crippen LogP) is 4.45. The number of amides is 1. The smallest absolute Gasteiger partial charge is 0.337 e. The number of hydrogen-bond acceptors (Lipinski definition) is 4. The Morgan fingerprint density at radius 2 is 1.62 bits per heavy atom. The minimum absolute atomic E-state index is 0.226. The van der Waals surface area contributed by atoms with Crippen molar-refractivity contribution in [3.05, 3.63) is 77.2 Å². The van der Waals surface area contributed by atoms with Crippen molar-refractivity contribution >= 4 is 28.9 Å². The Morgan fingerprint density at radius 1 is 0.917 bits per heavy atom. The molecule has 1 amide bonds. The number of hydrogen-bond donors (Lipinski definition) is 1. The first kappa shape index (κ1) is 16.0. The molecule has 1 N–H and O–H groups in total. The molecular weight excluding hydrogens is 322 g/mol. The Hall–Kier alpha value is -2.92. The Labute approximate surface area is 143 Å². The second kappa shape index (κ2) is 7.10. The van der Waals surface area contributed by atoms with Gasteiger partial charge in [0.05, 0.1) is 12.7 Å². The van der Waals surface area contributed by atoms with Gasteiger partial charge in [0.2, 0.25) is 0 Å². The van der Waals surface area contributed by atoms with Crippen LogP contribution in [0.25, 0.3) is 10.4 Å². The summed E-state index contributed by atoms with van der Waals surface area (Å²) < 4.78 is 4.65. The molecule has 2 aromatic carbocycles. The van der Waals surface area contributed by atoms with Crippen LogP contribution >= 0.6 is 11.3 Å². The van der Waals surface area contributed by atoms with Crippen LogP contribution in [0.5, 0.6) is 0 Å². The van der Waals surface area contributed by atoms with Crippen LogP contribution in [0.1, 0.15) is 20.7 Å². The van der Waals surface area contributed by atoms with Crippen LogP contribution < -0.4 is 5.32 Å². The molecule has 0 aliphatic rings. The highest BCUT2D eigenvalue weighted by molar-refractivity contribution is 7.13. The van der Waals surface area contributed by atoms with E-state index in [1.807, 2.05) is 41.8 Å². The summed E-state index contributed by atoms with van der Waals surface area (Å²) >= 11 is 1.62. The number of carbonyl (C=O) groups excluding carboxylic acids is 2. The van der Waals surface area contributed by atoms with Gasteiger partial charge in [-0.1, -0.05) is 24.3 Å². The molecule has 0 fully saturated rings. The van der Waals surface area contributed by atoms with E-state index in [0.717, 1.165) is 16.1 Å². The highest BCUT2D eigenvalue weighted by atomic mass is 32.1. The maximum absolute atomic E-state index is 12.5. The SMILES string of the molecule is COC(=O)c1ccc(C(=O)Nc2ccccc2-c2cccs2)cc1. The van der Waals surface area contributed by atoms with Crippen LogP contribution in [0.4, 0.5) is 5.69 Å². The van der Waals surface area contributed by atoms with E-state index in [-0.39, 0.29) is 5.91 Å². The third-order valence-electron chi connectivity index (χ3n) is 3.53. The van der Waals surface area contributed by atoms with Gasteiger partial charge >= 0.3 is 5.97 Å². The fraction of sp³-hybridized carbons (Fsp3) is 0.0526. The first-order chi connectivity index (χ1) is 11.7. The number of methoxy groups -OCH3 is 1. The summed E-state index contributed by atoms with van der Waals surface area (Å²) in [6.45, 7) is 0.